The fourth-order valence-electron chi connectivity index (χ4n) is 2.16. The minimum atomic E-state index is 0.932. The molecule has 1 aromatic heterocycles. The van der Waals surface area contributed by atoms with Gasteiger partial charge in [0.2, 0.25) is 0 Å². The van der Waals surface area contributed by atoms with Crippen molar-refractivity contribution in [2.45, 2.75) is 43.9 Å². The number of thioether (sulfide) groups is 1. The zero-order chi connectivity index (χ0) is 11.1. The summed E-state index contributed by atoms with van der Waals surface area (Å²) < 4.78 is 5.02. The standard InChI is InChI=1S/C13H21NOS/c1-2-4-13(5-3-1)16-9-7-14-10-12-6-8-15-11-12/h6,8,11,13-14H,1-5,7,9-10H2. The van der Waals surface area contributed by atoms with Crippen molar-refractivity contribution in [3.63, 3.8) is 0 Å². The van der Waals surface area contributed by atoms with E-state index < -0.39 is 0 Å². The maximum atomic E-state index is 5.02. The maximum absolute atomic E-state index is 5.02. The van der Waals surface area contributed by atoms with Gasteiger partial charge >= 0.3 is 0 Å². The summed E-state index contributed by atoms with van der Waals surface area (Å²) in [7, 11) is 0. The van der Waals surface area contributed by atoms with Gasteiger partial charge in [0.15, 0.2) is 0 Å². The third-order valence-electron chi connectivity index (χ3n) is 3.09. The molecule has 0 radical (unpaired) electrons. The molecule has 0 bridgehead atoms. The molecule has 1 saturated carbocycles. The number of rotatable bonds is 6. The van der Waals surface area contributed by atoms with Crippen molar-refractivity contribution < 1.29 is 4.42 Å². The molecule has 0 spiro atoms. The maximum Gasteiger partial charge on any atom is 0.0947 e. The molecule has 1 aliphatic carbocycles. The lowest BCUT2D eigenvalue weighted by Gasteiger charge is -2.20. The van der Waals surface area contributed by atoms with Crippen LogP contribution in [0.1, 0.15) is 37.7 Å². The highest BCUT2D eigenvalue weighted by molar-refractivity contribution is 7.99. The Morgan fingerprint density at radius 1 is 1.31 bits per heavy atom. The lowest BCUT2D eigenvalue weighted by molar-refractivity contribution is 0.516. The van der Waals surface area contributed by atoms with E-state index in [4.69, 9.17) is 4.42 Å². The summed E-state index contributed by atoms with van der Waals surface area (Å²) in [6.07, 6.45) is 10.8. The van der Waals surface area contributed by atoms with E-state index in [0.29, 0.717) is 0 Å². The molecule has 0 aromatic carbocycles. The zero-order valence-corrected chi connectivity index (χ0v) is 10.6. The van der Waals surface area contributed by atoms with Gasteiger partial charge in [0.1, 0.15) is 0 Å². The molecule has 0 saturated heterocycles. The first kappa shape index (κ1) is 12.1. The highest BCUT2D eigenvalue weighted by Crippen LogP contribution is 2.27. The number of furan rings is 1. The second kappa shape index (κ2) is 7.02. The number of nitrogens with one attached hydrogen (secondary N) is 1. The Bertz CT molecular complexity index is 267. The molecule has 0 atom stereocenters. The van der Waals surface area contributed by atoms with E-state index in [-0.39, 0.29) is 0 Å². The summed E-state index contributed by atoms with van der Waals surface area (Å²) >= 11 is 2.15. The van der Waals surface area contributed by atoms with Gasteiger partial charge in [-0.1, -0.05) is 19.3 Å². The van der Waals surface area contributed by atoms with Crippen molar-refractivity contribution in [2.24, 2.45) is 0 Å². The van der Waals surface area contributed by atoms with Gasteiger partial charge in [-0.3, -0.25) is 0 Å². The lowest BCUT2D eigenvalue weighted by Crippen LogP contribution is -2.18. The molecule has 1 N–H and O–H groups in total. The number of hydrogen-bond donors (Lipinski definition) is 1. The summed E-state index contributed by atoms with van der Waals surface area (Å²) in [5.74, 6) is 1.24. The van der Waals surface area contributed by atoms with E-state index in [2.05, 4.69) is 17.1 Å². The van der Waals surface area contributed by atoms with Crippen molar-refractivity contribution >= 4 is 11.8 Å². The Morgan fingerprint density at radius 2 is 2.19 bits per heavy atom. The van der Waals surface area contributed by atoms with E-state index in [9.17, 15) is 0 Å². The first-order chi connectivity index (χ1) is 7.95. The van der Waals surface area contributed by atoms with Gasteiger partial charge in [-0.25, -0.2) is 0 Å². The normalized spacial score (nSPS) is 17.8. The third kappa shape index (κ3) is 4.22. The second-order valence-corrected chi connectivity index (χ2v) is 5.85. The fourth-order valence-corrected chi connectivity index (χ4v) is 3.42. The van der Waals surface area contributed by atoms with Crippen LogP contribution in [0.3, 0.4) is 0 Å². The lowest BCUT2D eigenvalue weighted by atomic mass is 10.0. The van der Waals surface area contributed by atoms with Crippen LogP contribution in [-0.4, -0.2) is 17.5 Å². The first-order valence-corrected chi connectivity index (χ1v) is 7.33. The van der Waals surface area contributed by atoms with E-state index in [0.717, 1.165) is 18.3 Å². The SMILES string of the molecule is c1cc(CNCCSC2CCCCC2)co1. The molecule has 2 nitrogen and oxygen atoms in total. The molecular formula is C13H21NOS. The van der Waals surface area contributed by atoms with E-state index >= 15 is 0 Å². The Kier molecular flexibility index (Phi) is 5.29. The quantitative estimate of drug-likeness (QED) is 0.770. The van der Waals surface area contributed by atoms with Crippen LogP contribution in [0, 0.1) is 0 Å². The largest absolute Gasteiger partial charge is 0.472 e. The monoisotopic (exact) mass is 239 g/mol. The summed E-state index contributed by atoms with van der Waals surface area (Å²) in [6.45, 7) is 2.04. The van der Waals surface area contributed by atoms with Crippen LogP contribution >= 0.6 is 11.8 Å². The van der Waals surface area contributed by atoms with Crippen LogP contribution in [-0.2, 0) is 6.54 Å². The average molecular weight is 239 g/mol. The summed E-state index contributed by atoms with van der Waals surface area (Å²) in [4.78, 5) is 0. The van der Waals surface area contributed by atoms with Gasteiger partial charge in [-0.15, -0.1) is 0 Å². The minimum absolute atomic E-state index is 0.932. The van der Waals surface area contributed by atoms with Crippen LogP contribution in [0.4, 0.5) is 0 Å². The van der Waals surface area contributed by atoms with E-state index in [1.807, 2.05) is 6.07 Å². The third-order valence-corrected chi connectivity index (χ3v) is 4.48. The van der Waals surface area contributed by atoms with E-state index in [1.165, 1.54) is 43.4 Å². The fraction of sp³-hybridized carbons (Fsp3) is 0.692. The highest BCUT2D eigenvalue weighted by atomic mass is 32.2. The number of hydrogen-bond acceptors (Lipinski definition) is 3. The van der Waals surface area contributed by atoms with Crippen molar-refractivity contribution in [1.29, 1.82) is 0 Å². The highest BCUT2D eigenvalue weighted by Gasteiger charge is 2.12. The van der Waals surface area contributed by atoms with Gasteiger partial charge in [0.25, 0.3) is 0 Å². The zero-order valence-electron chi connectivity index (χ0n) is 9.78. The van der Waals surface area contributed by atoms with Gasteiger partial charge in [-0.05, 0) is 18.9 Å². The Hall–Kier alpha value is -0.410. The predicted molar refractivity (Wildman–Crippen MR) is 69.7 cm³/mol. The molecule has 1 heterocycles. The van der Waals surface area contributed by atoms with Crippen LogP contribution in [0.5, 0.6) is 0 Å². The van der Waals surface area contributed by atoms with Gasteiger partial charge in [0, 0.05) is 29.7 Å². The molecule has 2 rings (SSSR count). The van der Waals surface area contributed by atoms with Gasteiger partial charge in [-0.2, -0.15) is 11.8 Å². The van der Waals surface area contributed by atoms with Crippen molar-refractivity contribution in [1.82, 2.24) is 5.32 Å². The molecule has 0 amide bonds. The Balaban J connectivity index is 1.48. The Labute approximate surface area is 102 Å². The van der Waals surface area contributed by atoms with E-state index in [1.54, 1.807) is 12.5 Å². The molecule has 3 heteroatoms. The predicted octanol–water partition coefficient (Wildman–Crippen LogP) is 3.44. The topological polar surface area (TPSA) is 25.2 Å². The molecule has 1 fully saturated rings. The molecule has 0 aliphatic heterocycles. The second-order valence-electron chi connectivity index (χ2n) is 4.44. The molecule has 0 unspecified atom stereocenters. The van der Waals surface area contributed by atoms with Crippen LogP contribution in [0.15, 0.2) is 23.0 Å². The summed E-state index contributed by atoms with van der Waals surface area (Å²) in [6, 6.07) is 2.02. The summed E-state index contributed by atoms with van der Waals surface area (Å²) in [5, 5.41) is 4.38. The first-order valence-electron chi connectivity index (χ1n) is 6.28. The van der Waals surface area contributed by atoms with Gasteiger partial charge in [0.05, 0.1) is 12.5 Å². The molecule has 1 aliphatic rings. The minimum Gasteiger partial charge on any atom is -0.472 e. The van der Waals surface area contributed by atoms with Crippen LogP contribution in [0.2, 0.25) is 0 Å². The molecule has 1 aromatic rings. The van der Waals surface area contributed by atoms with Crippen molar-refractivity contribution in [3.05, 3.63) is 24.2 Å². The average Bonchev–Trinajstić information content (AvgIpc) is 2.83. The smallest absolute Gasteiger partial charge is 0.0947 e. The molecular weight excluding hydrogens is 218 g/mol. The molecule has 16 heavy (non-hydrogen) atoms. The molecule has 90 valence electrons. The Morgan fingerprint density at radius 3 is 2.94 bits per heavy atom. The van der Waals surface area contributed by atoms with Crippen LogP contribution < -0.4 is 5.32 Å². The van der Waals surface area contributed by atoms with Crippen LogP contribution in [0.25, 0.3) is 0 Å². The van der Waals surface area contributed by atoms with Gasteiger partial charge < -0.3 is 9.73 Å². The summed E-state index contributed by atoms with van der Waals surface area (Å²) in [5.41, 5.74) is 1.24. The van der Waals surface area contributed by atoms with Crippen molar-refractivity contribution in [3.8, 4) is 0 Å². The van der Waals surface area contributed by atoms with Crippen molar-refractivity contribution in [2.75, 3.05) is 12.3 Å².